The van der Waals surface area contributed by atoms with Crippen molar-refractivity contribution in [1.29, 1.82) is 0 Å². The summed E-state index contributed by atoms with van der Waals surface area (Å²) in [6.07, 6.45) is 4.56. The number of hydrogen-bond acceptors (Lipinski definition) is 4. The molecule has 1 atom stereocenters. The van der Waals surface area contributed by atoms with Gasteiger partial charge in [0.2, 0.25) is 0 Å². The summed E-state index contributed by atoms with van der Waals surface area (Å²) in [6.45, 7) is 0. The molecule has 0 aliphatic carbocycles. The number of carbonyl (C=O) groups is 1. The number of hydrazone groups is 1. The maximum atomic E-state index is 10.2. The Balaban J connectivity index is 3.25. The van der Waals surface area contributed by atoms with E-state index in [0.29, 0.717) is 6.42 Å². The molecule has 5 heteroatoms. The highest BCUT2D eigenvalue weighted by molar-refractivity contribution is 5.72. The topological polar surface area (TPSA) is 102 Å². The fraction of sp³-hybridized carbons (Fsp3) is 0.714. The summed E-state index contributed by atoms with van der Waals surface area (Å²) in [7, 11) is 0. The molecule has 0 unspecified atom stereocenters. The summed E-state index contributed by atoms with van der Waals surface area (Å²) < 4.78 is 0. The van der Waals surface area contributed by atoms with E-state index in [9.17, 15) is 4.79 Å². The molecule has 12 heavy (non-hydrogen) atoms. The van der Waals surface area contributed by atoms with E-state index in [2.05, 4.69) is 5.10 Å². The van der Waals surface area contributed by atoms with Gasteiger partial charge < -0.3 is 16.7 Å². The zero-order chi connectivity index (χ0) is 9.40. The maximum Gasteiger partial charge on any atom is 0.320 e. The van der Waals surface area contributed by atoms with Crippen LogP contribution >= 0.6 is 0 Å². The molecule has 5 N–H and O–H groups in total. The lowest BCUT2D eigenvalue weighted by Crippen LogP contribution is -2.29. The molecular formula is C7H15N3O2. The first-order valence-electron chi connectivity index (χ1n) is 3.88. The van der Waals surface area contributed by atoms with Gasteiger partial charge in [-0.15, -0.1) is 0 Å². The summed E-state index contributed by atoms with van der Waals surface area (Å²) in [5, 5.41) is 11.7. The number of rotatable bonds is 6. The lowest BCUT2D eigenvalue weighted by Gasteiger charge is -2.03. The predicted molar refractivity (Wildman–Crippen MR) is 46.8 cm³/mol. The largest absolute Gasteiger partial charge is 0.480 e. The van der Waals surface area contributed by atoms with Crippen LogP contribution in [-0.4, -0.2) is 23.3 Å². The van der Waals surface area contributed by atoms with Crippen LogP contribution in [0.2, 0.25) is 0 Å². The molecule has 0 saturated heterocycles. The Morgan fingerprint density at radius 1 is 1.58 bits per heavy atom. The van der Waals surface area contributed by atoms with E-state index in [1.165, 1.54) is 0 Å². The third-order valence-corrected chi connectivity index (χ3v) is 1.52. The van der Waals surface area contributed by atoms with E-state index in [0.717, 1.165) is 19.3 Å². The molecule has 0 fully saturated rings. The maximum absolute atomic E-state index is 10.2. The Morgan fingerprint density at radius 3 is 2.75 bits per heavy atom. The van der Waals surface area contributed by atoms with Crippen LogP contribution in [0.25, 0.3) is 0 Å². The number of nitrogens with zero attached hydrogens (tertiary/aromatic N) is 1. The smallest absolute Gasteiger partial charge is 0.320 e. The van der Waals surface area contributed by atoms with Gasteiger partial charge in [-0.1, -0.05) is 6.42 Å². The van der Waals surface area contributed by atoms with E-state index in [1.54, 1.807) is 6.21 Å². The normalized spacial score (nSPS) is 13.4. The highest BCUT2D eigenvalue weighted by Crippen LogP contribution is 2.00. The molecular weight excluding hydrogens is 158 g/mol. The second kappa shape index (κ2) is 6.60. The first-order valence-corrected chi connectivity index (χ1v) is 3.88. The van der Waals surface area contributed by atoms with Crippen molar-refractivity contribution < 1.29 is 9.90 Å². The van der Waals surface area contributed by atoms with E-state index in [-0.39, 0.29) is 0 Å². The van der Waals surface area contributed by atoms with Crippen molar-refractivity contribution in [1.82, 2.24) is 0 Å². The molecule has 0 aliphatic heterocycles. The third-order valence-electron chi connectivity index (χ3n) is 1.52. The Hall–Kier alpha value is -1.10. The fourth-order valence-electron chi connectivity index (χ4n) is 0.798. The molecule has 0 aromatic heterocycles. The summed E-state index contributed by atoms with van der Waals surface area (Å²) in [4.78, 5) is 10.2. The van der Waals surface area contributed by atoms with Crippen LogP contribution in [0.15, 0.2) is 5.10 Å². The molecule has 70 valence electrons. The molecule has 0 spiro atoms. The minimum atomic E-state index is -0.942. The molecule has 0 amide bonds. The second-order valence-electron chi connectivity index (χ2n) is 2.56. The van der Waals surface area contributed by atoms with E-state index < -0.39 is 12.0 Å². The van der Waals surface area contributed by atoms with Gasteiger partial charge >= 0.3 is 5.97 Å². The van der Waals surface area contributed by atoms with E-state index >= 15 is 0 Å². The Morgan fingerprint density at radius 2 is 2.25 bits per heavy atom. The van der Waals surface area contributed by atoms with Gasteiger partial charge in [0, 0.05) is 6.21 Å². The number of nitrogens with two attached hydrogens (primary N) is 2. The van der Waals surface area contributed by atoms with Gasteiger partial charge in [-0.05, 0) is 19.3 Å². The number of hydrogen-bond donors (Lipinski definition) is 3. The van der Waals surface area contributed by atoms with Crippen LogP contribution in [0, 0.1) is 0 Å². The SMILES string of the molecule is N/N=C/CCCC[C@H](N)C(=O)O. The Labute approximate surface area is 71.4 Å². The van der Waals surface area contributed by atoms with Crippen LogP contribution in [0.5, 0.6) is 0 Å². The van der Waals surface area contributed by atoms with Crippen LogP contribution in [0.1, 0.15) is 25.7 Å². The molecule has 0 aliphatic rings. The quantitative estimate of drug-likeness (QED) is 0.226. The van der Waals surface area contributed by atoms with Crippen LogP contribution in [0.4, 0.5) is 0 Å². The van der Waals surface area contributed by atoms with Gasteiger partial charge in [0.1, 0.15) is 6.04 Å². The Kier molecular flexibility index (Phi) is 6.00. The van der Waals surface area contributed by atoms with Gasteiger partial charge in [0.25, 0.3) is 0 Å². The summed E-state index contributed by atoms with van der Waals surface area (Å²) >= 11 is 0. The van der Waals surface area contributed by atoms with Crippen molar-refractivity contribution in [3.8, 4) is 0 Å². The van der Waals surface area contributed by atoms with Crippen molar-refractivity contribution in [2.45, 2.75) is 31.7 Å². The van der Waals surface area contributed by atoms with Gasteiger partial charge in [-0.2, -0.15) is 5.10 Å². The first kappa shape index (κ1) is 10.9. The van der Waals surface area contributed by atoms with E-state index in [1.807, 2.05) is 0 Å². The van der Waals surface area contributed by atoms with Crippen molar-refractivity contribution in [3.05, 3.63) is 0 Å². The average Bonchev–Trinajstić information content (AvgIpc) is 2.03. The van der Waals surface area contributed by atoms with Gasteiger partial charge in [0.05, 0.1) is 0 Å². The van der Waals surface area contributed by atoms with Gasteiger partial charge in [-0.25, -0.2) is 0 Å². The zero-order valence-corrected chi connectivity index (χ0v) is 6.94. The number of carboxylic acid groups (broad SMARTS) is 1. The number of aliphatic carboxylic acids is 1. The minimum absolute atomic E-state index is 0.508. The Bertz CT molecular complexity index is 159. The molecule has 0 rings (SSSR count). The average molecular weight is 173 g/mol. The zero-order valence-electron chi connectivity index (χ0n) is 6.94. The highest BCUT2D eigenvalue weighted by Gasteiger charge is 2.09. The second-order valence-corrected chi connectivity index (χ2v) is 2.56. The highest BCUT2D eigenvalue weighted by atomic mass is 16.4. The van der Waals surface area contributed by atoms with Crippen LogP contribution in [0.3, 0.4) is 0 Å². The minimum Gasteiger partial charge on any atom is -0.480 e. The third kappa shape index (κ3) is 5.67. The van der Waals surface area contributed by atoms with Crippen molar-refractivity contribution in [2.24, 2.45) is 16.7 Å². The molecule has 0 aromatic carbocycles. The standard InChI is InChI=1S/C7H15N3O2/c8-6(7(11)12)4-2-1-3-5-10-9/h5-6H,1-4,8-9H2,(H,11,12)/b10-5+/t6-/m0/s1. The van der Waals surface area contributed by atoms with Crippen molar-refractivity contribution in [3.63, 3.8) is 0 Å². The number of unbranched alkanes of at least 4 members (excludes halogenated alkanes) is 2. The summed E-state index contributed by atoms with van der Waals surface area (Å²) in [5.41, 5.74) is 5.27. The fourth-order valence-corrected chi connectivity index (χ4v) is 0.798. The van der Waals surface area contributed by atoms with Gasteiger partial charge in [0.15, 0.2) is 0 Å². The molecule has 0 bridgehead atoms. The first-order chi connectivity index (χ1) is 5.68. The molecule has 0 radical (unpaired) electrons. The molecule has 0 saturated carbocycles. The summed E-state index contributed by atoms with van der Waals surface area (Å²) in [5.74, 6) is 3.93. The molecule has 0 heterocycles. The molecule has 5 nitrogen and oxygen atoms in total. The van der Waals surface area contributed by atoms with Crippen LogP contribution < -0.4 is 11.6 Å². The van der Waals surface area contributed by atoms with Crippen molar-refractivity contribution in [2.75, 3.05) is 0 Å². The van der Waals surface area contributed by atoms with Crippen LogP contribution in [-0.2, 0) is 4.79 Å². The predicted octanol–water partition coefficient (Wildman–Crippen LogP) is -0.0968. The number of carboxylic acids is 1. The lowest BCUT2D eigenvalue weighted by molar-refractivity contribution is -0.138. The lowest BCUT2D eigenvalue weighted by atomic mass is 10.1. The van der Waals surface area contributed by atoms with Gasteiger partial charge in [-0.3, -0.25) is 4.79 Å². The summed E-state index contributed by atoms with van der Waals surface area (Å²) in [6, 6.07) is -0.736. The van der Waals surface area contributed by atoms with Crippen molar-refractivity contribution >= 4 is 12.2 Å². The van der Waals surface area contributed by atoms with E-state index in [4.69, 9.17) is 16.7 Å². The monoisotopic (exact) mass is 173 g/mol. The molecule has 0 aromatic rings.